The fourth-order valence-electron chi connectivity index (χ4n) is 1.25. The number of nitrogens with zero attached hydrogens (tertiary/aromatic N) is 5. The van der Waals surface area contributed by atoms with Gasteiger partial charge in [-0.05, 0) is 40.4 Å². The van der Waals surface area contributed by atoms with Crippen LogP contribution in [0, 0.1) is 0 Å². The van der Waals surface area contributed by atoms with E-state index in [4.69, 9.17) is 22.5 Å². The summed E-state index contributed by atoms with van der Waals surface area (Å²) in [5, 5.41) is 23.9. The molecule has 18 heavy (non-hydrogen) atoms. The lowest BCUT2D eigenvalue weighted by Crippen LogP contribution is -2.14. The molecule has 0 saturated carbocycles. The number of tetrazole rings is 1. The third kappa shape index (κ3) is 2.54. The monoisotopic (exact) mass is 284 g/mol. The number of amidine groups is 1. The van der Waals surface area contributed by atoms with Crippen molar-refractivity contribution in [3.05, 3.63) is 28.8 Å². The Labute approximate surface area is 112 Å². The zero-order valence-electron chi connectivity index (χ0n) is 9.28. The molecule has 94 valence electrons. The summed E-state index contributed by atoms with van der Waals surface area (Å²) in [5.74, 6) is -0.0184. The van der Waals surface area contributed by atoms with Crippen molar-refractivity contribution < 1.29 is 5.21 Å². The van der Waals surface area contributed by atoms with Crippen LogP contribution >= 0.6 is 23.4 Å². The van der Waals surface area contributed by atoms with Gasteiger partial charge in [-0.1, -0.05) is 16.8 Å². The number of aryl methyl sites for hydroxylation is 1. The molecular formula is C9H9ClN6OS. The highest BCUT2D eigenvalue weighted by Crippen LogP contribution is 2.30. The Morgan fingerprint density at radius 1 is 1.56 bits per heavy atom. The summed E-state index contributed by atoms with van der Waals surface area (Å²) in [6, 6.07) is 5.08. The second-order valence-corrected chi connectivity index (χ2v) is 4.76. The maximum absolute atomic E-state index is 8.75. The molecule has 7 nitrogen and oxygen atoms in total. The molecule has 9 heteroatoms. The molecule has 0 radical (unpaired) electrons. The molecule has 1 heterocycles. The van der Waals surface area contributed by atoms with Gasteiger partial charge in [0.05, 0.1) is 0 Å². The Bertz CT molecular complexity index is 598. The van der Waals surface area contributed by atoms with E-state index in [9.17, 15) is 0 Å². The van der Waals surface area contributed by atoms with Gasteiger partial charge in [0.15, 0.2) is 5.84 Å². The van der Waals surface area contributed by atoms with E-state index < -0.39 is 0 Å². The molecule has 0 spiro atoms. The smallest absolute Gasteiger partial charge is 0.213 e. The number of rotatable bonds is 3. The quantitative estimate of drug-likeness (QED) is 0.379. The van der Waals surface area contributed by atoms with Crippen LogP contribution in [0.4, 0.5) is 0 Å². The number of oxime groups is 1. The molecule has 0 amide bonds. The zero-order chi connectivity index (χ0) is 13.1. The predicted molar refractivity (Wildman–Crippen MR) is 66.9 cm³/mol. The van der Waals surface area contributed by atoms with Crippen molar-refractivity contribution in [2.24, 2.45) is 17.9 Å². The van der Waals surface area contributed by atoms with Crippen LogP contribution in [0.5, 0.6) is 0 Å². The Morgan fingerprint density at radius 3 is 2.94 bits per heavy atom. The molecule has 0 bridgehead atoms. The van der Waals surface area contributed by atoms with Crippen LogP contribution in [0.2, 0.25) is 5.02 Å². The molecule has 0 saturated heterocycles. The molecule has 3 N–H and O–H groups in total. The van der Waals surface area contributed by atoms with Crippen molar-refractivity contribution in [3.63, 3.8) is 0 Å². The lowest BCUT2D eigenvalue weighted by molar-refractivity contribution is 0.318. The average Bonchev–Trinajstić information content (AvgIpc) is 2.76. The lowest BCUT2D eigenvalue weighted by atomic mass is 10.2. The SMILES string of the molecule is Cn1nnnc1Sc1ccc(Cl)cc1/C(N)=N/O. The fraction of sp³-hybridized carbons (Fsp3) is 0.111. The summed E-state index contributed by atoms with van der Waals surface area (Å²) >= 11 is 7.18. The van der Waals surface area contributed by atoms with Crippen molar-refractivity contribution in [1.29, 1.82) is 0 Å². The third-order valence-corrected chi connectivity index (χ3v) is 3.45. The highest BCUT2D eigenvalue weighted by atomic mass is 35.5. The third-order valence-electron chi connectivity index (χ3n) is 2.11. The summed E-state index contributed by atoms with van der Waals surface area (Å²) in [6.45, 7) is 0. The maximum atomic E-state index is 8.75. The van der Waals surface area contributed by atoms with E-state index in [-0.39, 0.29) is 5.84 Å². The summed E-state index contributed by atoms with van der Waals surface area (Å²) in [5.41, 5.74) is 6.13. The van der Waals surface area contributed by atoms with Crippen LogP contribution in [0.3, 0.4) is 0 Å². The molecule has 0 unspecified atom stereocenters. The highest BCUT2D eigenvalue weighted by molar-refractivity contribution is 7.99. The molecule has 0 aliphatic heterocycles. The van der Waals surface area contributed by atoms with E-state index >= 15 is 0 Å². The molecule has 1 aromatic carbocycles. The standard InChI is InChI=1S/C9H9ClN6OS/c1-16-9(12-14-15-16)18-7-3-2-5(10)4-6(7)8(11)13-17/h2-4,17H,1H3,(H2,11,13). The first kappa shape index (κ1) is 12.7. The number of nitrogens with two attached hydrogens (primary N) is 1. The van der Waals surface area contributed by atoms with Crippen molar-refractivity contribution in [1.82, 2.24) is 20.2 Å². The minimum Gasteiger partial charge on any atom is -0.409 e. The molecule has 2 aromatic rings. The predicted octanol–water partition coefficient (Wildman–Crippen LogP) is 1.11. The lowest BCUT2D eigenvalue weighted by Gasteiger charge is -2.07. The van der Waals surface area contributed by atoms with Gasteiger partial charge in [-0.3, -0.25) is 0 Å². The number of benzene rings is 1. The molecule has 0 fully saturated rings. The van der Waals surface area contributed by atoms with Gasteiger partial charge in [-0.15, -0.1) is 5.10 Å². The fourth-order valence-corrected chi connectivity index (χ4v) is 2.28. The molecule has 1 aromatic heterocycles. The van der Waals surface area contributed by atoms with Gasteiger partial charge in [0, 0.05) is 22.5 Å². The van der Waals surface area contributed by atoms with Crippen LogP contribution in [0.25, 0.3) is 0 Å². The number of aromatic nitrogens is 4. The highest BCUT2D eigenvalue weighted by Gasteiger charge is 2.12. The van der Waals surface area contributed by atoms with Gasteiger partial charge < -0.3 is 10.9 Å². The van der Waals surface area contributed by atoms with E-state index in [1.54, 1.807) is 25.2 Å². The van der Waals surface area contributed by atoms with E-state index in [1.807, 2.05) is 0 Å². The first-order chi connectivity index (χ1) is 8.61. The number of hydrogen-bond acceptors (Lipinski definition) is 6. The van der Waals surface area contributed by atoms with Crippen molar-refractivity contribution in [2.75, 3.05) is 0 Å². The van der Waals surface area contributed by atoms with Crippen LogP contribution in [0.15, 0.2) is 33.4 Å². The normalized spacial score (nSPS) is 11.8. The second kappa shape index (κ2) is 5.23. The van der Waals surface area contributed by atoms with E-state index in [2.05, 4.69) is 20.7 Å². The van der Waals surface area contributed by atoms with Crippen molar-refractivity contribution >= 4 is 29.2 Å². The van der Waals surface area contributed by atoms with Crippen molar-refractivity contribution in [3.8, 4) is 0 Å². The summed E-state index contributed by atoms with van der Waals surface area (Å²) < 4.78 is 1.52. The van der Waals surface area contributed by atoms with Crippen molar-refractivity contribution in [2.45, 2.75) is 10.1 Å². The molecular weight excluding hydrogens is 276 g/mol. The van der Waals surface area contributed by atoms with E-state index in [0.29, 0.717) is 15.7 Å². The van der Waals surface area contributed by atoms with Crippen LogP contribution in [-0.2, 0) is 7.05 Å². The summed E-state index contributed by atoms with van der Waals surface area (Å²) in [4.78, 5) is 0.743. The zero-order valence-corrected chi connectivity index (χ0v) is 10.9. The summed E-state index contributed by atoms with van der Waals surface area (Å²) in [7, 11) is 1.72. The van der Waals surface area contributed by atoms with Gasteiger partial charge in [0.1, 0.15) is 0 Å². The topological polar surface area (TPSA) is 102 Å². The Balaban J connectivity index is 2.42. The average molecular weight is 285 g/mol. The van der Waals surface area contributed by atoms with Crippen LogP contribution in [-0.4, -0.2) is 31.3 Å². The second-order valence-electron chi connectivity index (χ2n) is 3.31. The Morgan fingerprint density at radius 2 is 2.33 bits per heavy atom. The minimum atomic E-state index is -0.0184. The van der Waals surface area contributed by atoms with Gasteiger partial charge >= 0.3 is 0 Å². The van der Waals surface area contributed by atoms with Gasteiger partial charge in [-0.2, -0.15) is 0 Å². The van der Waals surface area contributed by atoms with Gasteiger partial charge in [-0.25, -0.2) is 4.68 Å². The Kier molecular flexibility index (Phi) is 3.68. The van der Waals surface area contributed by atoms with E-state index in [0.717, 1.165) is 4.90 Å². The first-order valence-electron chi connectivity index (χ1n) is 4.79. The molecule has 0 aliphatic rings. The first-order valence-corrected chi connectivity index (χ1v) is 5.99. The number of halogens is 1. The largest absolute Gasteiger partial charge is 0.409 e. The molecule has 0 atom stereocenters. The number of hydrogen-bond donors (Lipinski definition) is 2. The van der Waals surface area contributed by atoms with Crippen LogP contribution in [0.1, 0.15) is 5.56 Å². The van der Waals surface area contributed by atoms with E-state index in [1.165, 1.54) is 16.4 Å². The Hall–Kier alpha value is -1.80. The molecule has 2 rings (SSSR count). The summed E-state index contributed by atoms with van der Waals surface area (Å²) in [6.07, 6.45) is 0. The minimum absolute atomic E-state index is 0.0184. The van der Waals surface area contributed by atoms with Gasteiger partial charge in [0.25, 0.3) is 0 Å². The van der Waals surface area contributed by atoms with Crippen LogP contribution < -0.4 is 5.73 Å². The molecule has 0 aliphatic carbocycles. The van der Waals surface area contributed by atoms with Gasteiger partial charge in [0.2, 0.25) is 5.16 Å². The maximum Gasteiger partial charge on any atom is 0.213 e.